The van der Waals surface area contributed by atoms with Crippen molar-refractivity contribution in [3.8, 4) is 11.5 Å². The molecule has 1 aromatic heterocycles. The number of aliphatic carboxylic acids is 1. The highest BCUT2D eigenvalue weighted by molar-refractivity contribution is 8.00. The number of aromatic amines is 1. The van der Waals surface area contributed by atoms with Gasteiger partial charge in [-0.15, -0.1) is 11.8 Å². The van der Waals surface area contributed by atoms with Crippen LogP contribution in [0, 0.1) is 11.8 Å². The molecule has 12 unspecified atom stereocenters. The lowest BCUT2D eigenvalue weighted by molar-refractivity contribution is -0.152. The molecule has 9 rings (SSSR count). The molecule has 684 valence electrons. The number of carbonyl (C=O) groups excluding carboxylic acids is 14. The standard InChI is InChI=1S/C93H116ClN15O18S/c1-10-11-30-75-92(126)109-40-21-31-74(109)87(121)101-70(49-80(114)115)86(120)104-81(55(4)5)93(127)107(8)76(46-56-22-14-12-15-23-56)88(122)102-71(44-59-34-38-64(111)39-35-59)89(123)105(6)51-78(112)97-69(48-61-50-96-66-29-19-18-28-65(61)66)85(119)100-68(43-58-32-36-63(110)37-33-58)84(118)99-67(41-54(2)3)83(117)103-73(82(95)116)52-128-53-79(113)98-72(45-60-26-20-27-62(94)42-60)90(124)108(9)77(91(125)106(75)7)47-57-24-16-13-17-25-57/h12-20,22-29,32-39,42,50,54-55,67-77,81,96,110-111H,10-11,21,30-31,40-41,43-49,51-53H2,1-9H3,(H2,95,116)(H,97,112)(H,98,113)(H,99,118)(H,100,119)(H,101,121)(H,102,122)(H,103,117)(H,104,120)(H,114,115). The van der Waals surface area contributed by atoms with E-state index in [0.717, 1.165) is 21.6 Å². The van der Waals surface area contributed by atoms with Gasteiger partial charge in [-0.2, -0.15) is 0 Å². The number of carboxylic acids is 1. The number of benzene rings is 6. The lowest BCUT2D eigenvalue weighted by Crippen LogP contribution is -2.61. The van der Waals surface area contributed by atoms with Crippen LogP contribution >= 0.6 is 23.4 Å². The molecule has 14 N–H and O–H groups in total. The highest BCUT2D eigenvalue weighted by Gasteiger charge is 2.45. The number of para-hydroxylation sites is 1. The molecule has 0 bridgehead atoms. The Morgan fingerprint density at radius 3 is 1.60 bits per heavy atom. The molecule has 12 atom stereocenters. The Morgan fingerprint density at radius 1 is 0.500 bits per heavy atom. The third kappa shape index (κ3) is 28.1. The Kier molecular flexibility index (Phi) is 36.4. The van der Waals surface area contributed by atoms with Gasteiger partial charge in [0.25, 0.3) is 0 Å². The lowest BCUT2D eigenvalue weighted by atomic mass is 9.98. The highest BCUT2D eigenvalue weighted by Crippen LogP contribution is 2.28. The van der Waals surface area contributed by atoms with E-state index in [-0.39, 0.29) is 93.9 Å². The summed E-state index contributed by atoms with van der Waals surface area (Å²) in [7, 11) is 5.36. The quantitative estimate of drug-likeness (QED) is 0.0474. The Balaban J connectivity index is 1.11. The first-order valence-electron chi connectivity index (χ1n) is 42.8. The van der Waals surface area contributed by atoms with E-state index in [2.05, 4.69) is 47.5 Å². The van der Waals surface area contributed by atoms with E-state index >= 15 is 38.4 Å². The zero-order chi connectivity index (χ0) is 93.2. The molecule has 2 fully saturated rings. The summed E-state index contributed by atoms with van der Waals surface area (Å²) in [4.78, 5) is 232. The van der Waals surface area contributed by atoms with Crippen LogP contribution in [0.15, 0.2) is 164 Å². The van der Waals surface area contributed by atoms with Crippen molar-refractivity contribution in [2.75, 3.05) is 52.8 Å². The average molecular weight is 1800 g/mol. The van der Waals surface area contributed by atoms with E-state index in [4.69, 9.17) is 17.3 Å². The van der Waals surface area contributed by atoms with Gasteiger partial charge in [-0.1, -0.05) is 174 Å². The highest BCUT2D eigenvalue weighted by atomic mass is 35.5. The predicted molar refractivity (Wildman–Crippen MR) is 481 cm³/mol. The van der Waals surface area contributed by atoms with Crippen molar-refractivity contribution in [2.24, 2.45) is 17.6 Å². The summed E-state index contributed by atoms with van der Waals surface area (Å²) in [6.45, 7) is 7.77. The first-order chi connectivity index (χ1) is 61.0. The van der Waals surface area contributed by atoms with Crippen LogP contribution in [0.2, 0.25) is 5.02 Å². The van der Waals surface area contributed by atoms with E-state index in [1.165, 1.54) is 91.4 Å². The van der Waals surface area contributed by atoms with Crippen molar-refractivity contribution in [2.45, 2.75) is 191 Å². The average Bonchev–Trinajstić information content (AvgIpc) is 1.41. The number of nitrogens with zero attached hydrogens (tertiary/aromatic N) is 5. The second-order valence-electron chi connectivity index (χ2n) is 33.4. The molecular formula is C93H116ClN15O18S. The number of carbonyl (C=O) groups is 15. The maximum Gasteiger partial charge on any atom is 0.305 e. The van der Waals surface area contributed by atoms with Crippen LogP contribution in [0.4, 0.5) is 0 Å². The number of amides is 14. The SMILES string of the molecule is CCCCC1C(=O)N2CCCC2C(=O)NC(CC(=O)O)C(=O)NC(C(C)C)C(=O)N(C)C(Cc2ccccc2)C(=O)NC(Cc2ccc(O)cc2)C(=O)N(C)CC(=O)NC(Cc2c[nH]c3ccccc23)C(=O)NC(Cc2ccc(O)cc2)C(=O)NC(CC(C)C)C(=O)NC(C(N)=O)CSCC(=O)NC(Cc2cccc(Cl)c2)C(=O)N(C)C(Cc2ccccc2)C(=O)N1C. The summed E-state index contributed by atoms with van der Waals surface area (Å²) >= 11 is 7.36. The number of thioether (sulfide) groups is 1. The summed E-state index contributed by atoms with van der Waals surface area (Å²) < 4.78 is 0. The van der Waals surface area contributed by atoms with Gasteiger partial charge >= 0.3 is 5.97 Å². The number of carboxylic acid groups (broad SMARTS) is 1. The molecule has 0 radical (unpaired) electrons. The van der Waals surface area contributed by atoms with Crippen LogP contribution in [-0.2, 0) is 110 Å². The summed E-state index contributed by atoms with van der Waals surface area (Å²) in [5, 5.41) is 53.8. The Labute approximate surface area is 752 Å². The van der Waals surface area contributed by atoms with Crippen molar-refractivity contribution in [1.82, 2.24) is 72.0 Å². The van der Waals surface area contributed by atoms with Gasteiger partial charge in [0, 0.05) is 101 Å². The van der Waals surface area contributed by atoms with Crippen molar-refractivity contribution in [1.29, 1.82) is 0 Å². The number of phenols is 2. The molecule has 35 heteroatoms. The van der Waals surface area contributed by atoms with Crippen LogP contribution in [0.25, 0.3) is 10.9 Å². The molecule has 2 aliphatic heterocycles. The van der Waals surface area contributed by atoms with Crippen molar-refractivity contribution >= 4 is 123 Å². The third-order valence-electron chi connectivity index (χ3n) is 22.8. The van der Waals surface area contributed by atoms with Gasteiger partial charge in [0.15, 0.2) is 0 Å². The molecule has 2 saturated heterocycles. The first-order valence-corrected chi connectivity index (χ1v) is 44.3. The number of aromatic hydroxyl groups is 2. The van der Waals surface area contributed by atoms with Crippen LogP contribution in [0.5, 0.6) is 11.5 Å². The van der Waals surface area contributed by atoms with Crippen molar-refractivity contribution in [3.05, 3.63) is 202 Å². The van der Waals surface area contributed by atoms with E-state index in [0.29, 0.717) is 62.1 Å². The second-order valence-corrected chi connectivity index (χ2v) is 34.8. The number of hydrogen-bond donors (Lipinski definition) is 13. The molecule has 3 heterocycles. The van der Waals surface area contributed by atoms with Crippen LogP contribution in [0.1, 0.15) is 113 Å². The number of aromatic nitrogens is 1. The number of phenolic OH excluding ortho intramolecular Hbond substituents is 2. The third-order valence-corrected chi connectivity index (χ3v) is 24.0. The minimum Gasteiger partial charge on any atom is -0.508 e. The zero-order valence-corrected chi connectivity index (χ0v) is 74.8. The molecule has 7 aromatic rings. The predicted octanol–water partition coefficient (Wildman–Crippen LogP) is 4.40. The van der Waals surface area contributed by atoms with Gasteiger partial charge in [0.1, 0.15) is 84.0 Å². The van der Waals surface area contributed by atoms with E-state index in [1.54, 1.807) is 143 Å². The Bertz CT molecular complexity index is 5080. The maximum atomic E-state index is 15.7. The topological polar surface area (TPSA) is 471 Å². The summed E-state index contributed by atoms with van der Waals surface area (Å²) in [5.74, 6) is -16.0. The molecule has 0 spiro atoms. The number of likely N-dealkylation sites (N-methyl/N-ethyl adjacent to an activating group) is 4. The van der Waals surface area contributed by atoms with E-state index in [1.807, 2.05) is 6.92 Å². The number of rotatable bonds is 21. The summed E-state index contributed by atoms with van der Waals surface area (Å²) in [5.41, 5.74) is 9.62. The molecule has 0 saturated carbocycles. The minimum atomic E-state index is -1.89. The van der Waals surface area contributed by atoms with Gasteiger partial charge in [0.2, 0.25) is 82.7 Å². The molecular weight excluding hydrogens is 1680 g/mol. The van der Waals surface area contributed by atoms with Crippen LogP contribution < -0.4 is 48.3 Å². The number of hydrogen-bond acceptors (Lipinski definition) is 18. The Morgan fingerprint density at radius 2 is 1.01 bits per heavy atom. The van der Waals surface area contributed by atoms with Gasteiger partial charge in [-0.05, 0) is 113 Å². The fourth-order valence-corrected chi connectivity index (χ4v) is 16.8. The van der Waals surface area contributed by atoms with Crippen LogP contribution in [0.3, 0.4) is 0 Å². The number of fused-ring (bicyclic) bond motifs is 2. The second kappa shape index (κ2) is 47.1. The number of unbranched alkanes of at least 4 members (excludes halogenated alkanes) is 1. The minimum absolute atomic E-state index is 0.0175. The fourth-order valence-electron chi connectivity index (χ4n) is 15.7. The summed E-state index contributed by atoms with van der Waals surface area (Å²) in [6, 6.07) is 24.4. The lowest BCUT2D eigenvalue weighted by Gasteiger charge is -2.38. The molecule has 6 aromatic carbocycles. The molecule has 33 nitrogen and oxygen atoms in total. The number of halogens is 1. The van der Waals surface area contributed by atoms with Crippen LogP contribution in [-0.4, -0.2) is 259 Å². The first kappa shape index (κ1) is 98.9. The summed E-state index contributed by atoms with van der Waals surface area (Å²) in [6.07, 6.45) is 0.557. The molecule has 14 amide bonds. The number of H-pyrrole nitrogens is 1. The maximum absolute atomic E-state index is 15.7. The van der Waals surface area contributed by atoms with Crippen molar-refractivity contribution in [3.63, 3.8) is 0 Å². The fraction of sp³-hybridized carbons (Fsp3) is 0.430. The monoisotopic (exact) mass is 1800 g/mol. The number of primary amides is 1. The Hall–Kier alpha value is -12.9. The molecule has 128 heavy (non-hydrogen) atoms. The van der Waals surface area contributed by atoms with Gasteiger partial charge in [-0.25, -0.2) is 0 Å². The normalized spacial score (nSPS) is 23.1. The van der Waals surface area contributed by atoms with Crippen molar-refractivity contribution < 1.29 is 87.2 Å². The van der Waals surface area contributed by atoms with Gasteiger partial charge in [-0.3, -0.25) is 71.9 Å². The van der Waals surface area contributed by atoms with E-state index < -0.39 is 186 Å². The number of nitrogens with two attached hydrogens (primary N) is 1. The van der Waals surface area contributed by atoms with Gasteiger partial charge < -0.3 is 93.1 Å². The smallest absolute Gasteiger partial charge is 0.305 e. The number of nitrogens with one attached hydrogen (secondary N) is 9. The zero-order valence-electron chi connectivity index (χ0n) is 73.3. The molecule has 2 aliphatic rings. The van der Waals surface area contributed by atoms with E-state index in [9.17, 15) is 48.9 Å². The largest absolute Gasteiger partial charge is 0.508 e. The molecule has 0 aliphatic carbocycles. The van der Waals surface area contributed by atoms with Gasteiger partial charge in [0.05, 0.1) is 18.7 Å².